The Bertz CT molecular complexity index is 447. The van der Waals surface area contributed by atoms with E-state index in [2.05, 4.69) is 17.0 Å². The molecule has 0 aliphatic heterocycles. The smallest absolute Gasteiger partial charge is 0.407 e. The van der Waals surface area contributed by atoms with Gasteiger partial charge in [-0.3, -0.25) is 0 Å². The molecule has 1 aromatic rings. The van der Waals surface area contributed by atoms with Crippen LogP contribution in [0.4, 0.5) is 4.79 Å². The molecular formula is C17H25NO4. The summed E-state index contributed by atoms with van der Waals surface area (Å²) in [7, 11) is 1.27. The van der Waals surface area contributed by atoms with Crippen LogP contribution in [0.15, 0.2) is 30.3 Å². The van der Waals surface area contributed by atoms with E-state index in [0.717, 1.165) is 31.2 Å². The lowest BCUT2D eigenvalue weighted by atomic mass is 10.1. The van der Waals surface area contributed by atoms with Crippen molar-refractivity contribution in [1.82, 2.24) is 5.32 Å². The van der Waals surface area contributed by atoms with E-state index in [1.807, 2.05) is 30.3 Å². The Hall–Kier alpha value is -2.04. The van der Waals surface area contributed by atoms with Crippen molar-refractivity contribution in [2.45, 2.75) is 45.1 Å². The van der Waals surface area contributed by atoms with Crippen LogP contribution in [0.25, 0.3) is 0 Å². The molecule has 122 valence electrons. The highest BCUT2D eigenvalue weighted by atomic mass is 16.5. The zero-order chi connectivity index (χ0) is 16.2. The summed E-state index contributed by atoms with van der Waals surface area (Å²) in [6, 6.07) is 8.75. The zero-order valence-corrected chi connectivity index (χ0v) is 13.3. The number of ether oxygens (including phenoxy) is 2. The van der Waals surface area contributed by atoms with Crippen molar-refractivity contribution in [2.75, 3.05) is 13.7 Å². The molecule has 0 aliphatic rings. The summed E-state index contributed by atoms with van der Waals surface area (Å²) in [4.78, 5) is 23.5. The minimum atomic E-state index is -0.735. The van der Waals surface area contributed by atoms with Crippen molar-refractivity contribution in [3.63, 3.8) is 0 Å². The van der Waals surface area contributed by atoms with Gasteiger partial charge < -0.3 is 14.8 Å². The predicted molar refractivity (Wildman–Crippen MR) is 84.6 cm³/mol. The van der Waals surface area contributed by atoms with E-state index in [4.69, 9.17) is 4.74 Å². The molecule has 0 saturated heterocycles. The zero-order valence-electron chi connectivity index (χ0n) is 13.3. The van der Waals surface area contributed by atoms with Gasteiger partial charge in [-0.05, 0) is 12.0 Å². The quantitative estimate of drug-likeness (QED) is 0.562. The minimum Gasteiger partial charge on any atom is -0.464 e. The first kappa shape index (κ1) is 18.0. The van der Waals surface area contributed by atoms with Crippen LogP contribution in [0.5, 0.6) is 0 Å². The van der Waals surface area contributed by atoms with Gasteiger partial charge >= 0.3 is 12.1 Å². The molecule has 5 heteroatoms. The van der Waals surface area contributed by atoms with Gasteiger partial charge in [0.1, 0.15) is 6.04 Å². The third kappa shape index (κ3) is 7.11. The standard InChI is InChI=1S/C17H25NO4/c1-3-4-5-9-12-22-16(19)15(18-17(20)21-2)13-14-10-7-6-8-11-14/h6-8,10-11,15H,3-5,9,12-13H2,1-2H3,(H,18,20). The van der Waals surface area contributed by atoms with Crippen LogP contribution < -0.4 is 5.32 Å². The fourth-order valence-corrected chi connectivity index (χ4v) is 2.05. The first-order chi connectivity index (χ1) is 10.7. The van der Waals surface area contributed by atoms with E-state index in [-0.39, 0.29) is 0 Å². The normalized spacial score (nSPS) is 11.5. The van der Waals surface area contributed by atoms with Gasteiger partial charge in [0.15, 0.2) is 0 Å². The van der Waals surface area contributed by atoms with E-state index in [9.17, 15) is 9.59 Å². The number of esters is 1. The number of hydrogen-bond acceptors (Lipinski definition) is 4. The molecule has 0 fully saturated rings. The maximum atomic E-state index is 12.1. The molecule has 1 rings (SSSR count). The van der Waals surface area contributed by atoms with Gasteiger partial charge in [0, 0.05) is 6.42 Å². The fourth-order valence-electron chi connectivity index (χ4n) is 2.05. The molecule has 5 nitrogen and oxygen atoms in total. The molecule has 1 aromatic carbocycles. The molecule has 0 aromatic heterocycles. The van der Waals surface area contributed by atoms with Crippen molar-refractivity contribution in [1.29, 1.82) is 0 Å². The Labute approximate surface area is 132 Å². The minimum absolute atomic E-state index is 0.379. The highest BCUT2D eigenvalue weighted by Crippen LogP contribution is 2.06. The van der Waals surface area contributed by atoms with E-state index in [1.54, 1.807) is 0 Å². The van der Waals surface area contributed by atoms with Gasteiger partial charge in [0.05, 0.1) is 13.7 Å². The monoisotopic (exact) mass is 307 g/mol. The molecule has 0 aliphatic carbocycles. The summed E-state index contributed by atoms with van der Waals surface area (Å²) in [6.07, 6.45) is 3.89. The molecule has 1 atom stereocenters. The number of benzene rings is 1. The van der Waals surface area contributed by atoms with Crippen molar-refractivity contribution in [2.24, 2.45) is 0 Å². The molecule has 0 saturated carbocycles. The Morgan fingerprint density at radius 1 is 1.14 bits per heavy atom. The number of carbonyl (C=O) groups excluding carboxylic acids is 2. The highest BCUT2D eigenvalue weighted by molar-refractivity contribution is 5.81. The molecule has 1 unspecified atom stereocenters. The predicted octanol–water partition coefficient (Wildman–Crippen LogP) is 3.08. The van der Waals surface area contributed by atoms with E-state index in [0.29, 0.717) is 13.0 Å². The van der Waals surface area contributed by atoms with Crippen LogP contribution in [0.2, 0.25) is 0 Å². The van der Waals surface area contributed by atoms with Crippen LogP contribution in [0.1, 0.15) is 38.2 Å². The molecule has 1 amide bonds. The Morgan fingerprint density at radius 2 is 1.86 bits per heavy atom. The van der Waals surface area contributed by atoms with Gasteiger partial charge in [-0.2, -0.15) is 0 Å². The van der Waals surface area contributed by atoms with Gasteiger partial charge in [-0.25, -0.2) is 9.59 Å². The maximum absolute atomic E-state index is 12.1. The second-order valence-electron chi connectivity index (χ2n) is 5.11. The van der Waals surface area contributed by atoms with Crippen molar-refractivity contribution in [3.8, 4) is 0 Å². The summed E-state index contributed by atoms with van der Waals surface area (Å²) >= 11 is 0. The van der Waals surface area contributed by atoms with E-state index < -0.39 is 18.1 Å². The van der Waals surface area contributed by atoms with Crippen LogP contribution >= 0.6 is 0 Å². The van der Waals surface area contributed by atoms with Gasteiger partial charge in [0.25, 0.3) is 0 Å². The lowest BCUT2D eigenvalue weighted by Crippen LogP contribution is -2.43. The molecule has 0 spiro atoms. The topological polar surface area (TPSA) is 64.6 Å². The van der Waals surface area contributed by atoms with Crippen molar-refractivity contribution >= 4 is 12.1 Å². The second kappa shape index (κ2) is 10.7. The van der Waals surface area contributed by atoms with E-state index >= 15 is 0 Å². The lowest BCUT2D eigenvalue weighted by molar-refractivity contribution is -0.146. The number of unbranched alkanes of at least 4 members (excludes halogenated alkanes) is 3. The fraction of sp³-hybridized carbons (Fsp3) is 0.529. The van der Waals surface area contributed by atoms with Crippen LogP contribution in [-0.2, 0) is 20.7 Å². The average Bonchev–Trinajstić information content (AvgIpc) is 2.54. The number of nitrogens with one attached hydrogen (secondary N) is 1. The molecule has 0 radical (unpaired) electrons. The van der Waals surface area contributed by atoms with Crippen molar-refractivity contribution < 1.29 is 19.1 Å². The van der Waals surface area contributed by atoms with Crippen molar-refractivity contribution in [3.05, 3.63) is 35.9 Å². The molecular weight excluding hydrogens is 282 g/mol. The summed E-state index contributed by atoms with van der Waals surface area (Å²) < 4.78 is 9.83. The molecule has 1 N–H and O–H groups in total. The largest absolute Gasteiger partial charge is 0.464 e. The first-order valence-electron chi connectivity index (χ1n) is 7.72. The highest BCUT2D eigenvalue weighted by Gasteiger charge is 2.23. The summed E-state index contributed by atoms with van der Waals surface area (Å²) in [5, 5.41) is 2.53. The van der Waals surface area contributed by atoms with E-state index in [1.165, 1.54) is 7.11 Å². The van der Waals surface area contributed by atoms with Gasteiger partial charge in [-0.15, -0.1) is 0 Å². The Balaban J connectivity index is 2.53. The van der Waals surface area contributed by atoms with Crippen LogP contribution in [-0.4, -0.2) is 31.8 Å². The SMILES string of the molecule is CCCCCCOC(=O)C(Cc1ccccc1)NC(=O)OC. The number of carbonyl (C=O) groups is 2. The van der Waals surface area contributed by atoms with Gasteiger partial charge in [0.2, 0.25) is 0 Å². The Morgan fingerprint density at radius 3 is 2.50 bits per heavy atom. The molecule has 0 heterocycles. The summed E-state index contributed by atoms with van der Waals surface area (Å²) in [5.74, 6) is -0.425. The first-order valence-corrected chi connectivity index (χ1v) is 7.72. The third-order valence-electron chi connectivity index (χ3n) is 3.29. The number of rotatable bonds is 9. The number of alkyl carbamates (subject to hydrolysis) is 1. The average molecular weight is 307 g/mol. The number of methoxy groups -OCH3 is 1. The van der Waals surface area contributed by atoms with Gasteiger partial charge in [-0.1, -0.05) is 56.5 Å². The van der Waals surface area contributed by atoms with Crippen LogP contribution in [0, 0.1) is 0 Å². The molecule has 0 bridgehead atoms. The summed E-state index contributed by atoms with van der Waals surface area (Å²) in [6.45, 7) is 2.51. The molecule has 22 heavy (non-hydrogen) atoms. The van der Waals surface area contributed by atoms with Crippen LogP contribution in [0.3, 0.4) is 0 Å². The number of hydrogen-bond donors (Lipinski definition) is 1. The summed E-state index contributed by atoms with van der Waals surface area (Å²) in [5.41, 5.74) is 0.951. The second-order valence-corrected chi connectivity index (χ2v) is 5.11. The third-order valence-corrected chi connectivity index (χ3v) is 3.29. The Kier molecular flexibility index (Phi) is 8.72. The maximum Gasteiger partial charge on any atom is 0.407 e. The lowest BCUT2D eigenvalue weighted by Gasteiger charge is -2.17. The number of amides is 1.